The molecule has 13 heavy (non-hydrogen) atoms. The van der Waals surface area contributed by atoms with E-state index in [-0.39, 0.29) is 6.04 Å². The first kappa shape index (κ1) is 9.93. The van der Waals surface area contributed by atoms with Gasteiger partial charge in [-0.15, -0.1) is 0 Å². The molecule has 0 heterocycles. The molecule has 0 bridgehead atoms. The number of aryl methyl sites for hydroxylation is 2. The van der Waals surface area contributed by atoms with E-state index in [1.807, 2.05) is 13.8 Å². The van der Waals surface area contributed by atoms with Gasteiger partial charge in [-0.2, -0.15) is 0 Å². The van der Waals surface area contributed by atoms with Crippen molar-refractivity contribution in [2.45, 2.75) is 26.3 Å². The van der Waals surface area contributed by atoms with Crippen LogP contribution >= 0.6 is 0 Å². The monoisotopic (exact) mass is 177 g/mol. The predicted octanol–water partition coefficient (Wildman–Crippen LogP) is 1.37. The van der Waals surface area contributed by atoms with Crippen LogP contribution in [0.25, 0.3) is 0 Å². The second kappa shape index (κ2) is 4.19. The molecule has 1 aromatic carbocycles. The minimum Gasteiger partial charge on any atom is -0.321 e. The number of rotatable bonds is 3. The smallest absolute Gasteiger partial charge is 0.137 e. The highest BCUT2D eigenvalue weighted by molar-refractivity contribution is 5.58. The van der Waals surface area contributed by atoms with Crippen LogP contribution < -0.4 is 5.73 Å². The summed E-state index contributed by atoms with van der Waals surface area (Å²) in [4.78, 5) is 10.4. The molecule has 2 nitrogen and oxygen atoms in total. The molecule has 0 spiro atoms. The Morgan fingerprint density at radius 2 is 2.15 bits per heavy atom. The van der Waals surface area contributed by atoms with Gasteiger partial charge in [-0.3, -0.25) is 0 Å². The summed E-state index contributed by atoms with van der Waals surface area (Å²) in [5.41, 5.74) is 9.13. The molecule has 1 atom stereocenters. The number of hydrogen-bond donors (Lipinski definition) is 1. The van der Waals surface area contributed by atoms with Crippen LogP contribution in [-0.4, -0.2) is 12.3 Å². The lowest BCUT2D eigenvalue weighted by Gasteiger charge is -2.08. The van der Waals surface area contributed by atoms with Gasteiger partial charge in [0.25, 0.3) is 0 Å². The van der Waals surface area contributed by atoms with Crippen molar-refractivity contribution in [1.82, 2.24) is 0 Å². The first-order valence-corrected chi connectivity index (χ1v) is 4.40. The standard InChI is InChI=1S/C11H15NO/c1-8-3-4-9(2)10(5-8)6-11(12)7-13/h3-5,7,11H,6,12H2,1-2H3. The van der Waals surface area contributed by atoms with Crippen LogP contribution in [0.1, 0.15) is 16.7 Å². The van der Waals surface area contributed by atoms with Gasteiger partial charge in [0, 0.05) is 0 Å². The molecule has 2 heteroatoms. The normalized spacial score (nSPS) is 12.5. The lowest BCUT2D eigenvalue weighted by atomic mass is 10.00. The van der Waals surface area contributed by atoms with E-state index in [4.69, 9.17) is 5.73 Å². The van der Waals surface area contributed by atoms with E-state index in [9.17, 15) is 4.79 Å². The molecule has 2 N–H and O–H groups in total. The number of aldehydes is 1. The van der Waals surface area contributed by atoms with Gasteiger partial charge < -0.3 is 10.5 Å². The molecule has 1 aromatic rings. The summed E-state index contributed by atoms with van der Waals surface area (Å²) in [5.74, 6) is 0. The Bertz CT molecular complexity index is 307. The van der Waals surface area contributed by atoms with Gasteiger partial charge in [0.1, 0.15) is 6.29 Å². The summed E-state index contributed by atoms with van der Waals surface area (Å²) in [6.07, 6.45) is 1.43. The largest absolute Gasteiger partial charge is 0.321 e. The third-order valence-electron chi connectivity index (χ3n) is 2.14. The van der Waals surface area contributed by atoms with Crippen molar-refractivity contribution in [3.63, 3.8) is 0 Å². The van der Waals surface area contributed by atoms with Crippen LogP contribution in [0, 0.1) is 13.8 Å². The highest BCUT2D eigenvalue weighted by atomic mass is 16.1. The van der Waals surface area contributed by atoms with Crippen LogP contribution in [0.15, 0.2) is 18.2 Å². The third kappa shape index (κ3) is 2.67. The average Bonchev–Trinajstić information content (AvgIpc) is 2.11. The molecule has 0 saturated carbocycles. The van der Waals surface area contributed by atoms with E-state index in [1.165, 1.54) is 16.7 Å². The van der Waals surface area contributed by atoms with Gasteiger partial charge in [0.05, 0.1) is 6.04 Å². The van der Waals surface area contributed by atoms with E-state index in [0.717, 1.165) is 6.29 Å². The average molecular weight is 177 g/mol. The maximum atomic E-state index is 10.4. The summed E-state index contributed by atoms with van der Waals surface area (Å²) < 4.78 is 0. The Hall–Kier alpha value is -1.15. The van der Waals surface area contributed by atoms with E-state index >= 15 is 0 Å². The number of benzene rings is 1. The number of hydrogen-bond acceptors (Lipinski definition) is 2. The molecule has 0 fully saturated rings. The van der Waals surface area contributed by atoms with Crippen LogP contribution in [0.3, 0.4) is 0 Å². The summed E-state index contributed by atoms with van der Waals surface area (Å²) >= 11 is 0. The number of nitrogens with two attached hydrogens (primary N) is 1. The summed E-state index contributed by atoms with van der Waals surface area (Å²) in [6.45, 7) is 4.07. The molecule has 1 rings (SSSR count). The van der Waals surface area contributed by atoms with Gasteiger partial charge in [-0.1, -0.05) is 23.8 Å². The van der Waals surface area contributed by atoms with Crippen molar-refractivity contribution >= 4 is 6.29 Å². The van der Waals surface area contributed by atoms with Crippen LogP contribution in [0.2, 0.25) is 0 Å². The Balaban J connectivity index is 2.86. The fourth-order valence-electron chi connectivity index (χ4n) is 1.32. The number of carbonyl (C=O) groups is 1. The minimum atomic E-state index is -0.375. The van der Waals surface area contributed by atoms with Crippen molar-refractivity contribution in [2.24, 2.45) is 5.73 Å². The summed E-state index contributed by atoms with van der Waals surface area (Å²) in [6, 6.07) is 5.83. The first-order valence-electron chi connectivity index (χ1n) is 4.40. The molecule has 1 unspecified atom stereocenters. The molecule has 0 aliphatic rings. The highest BCUT2D eigenvalue weighted by Gasteiger charge is 2.04. The zero-order chi connectivity index (χ0) is 9.84. The van der Waals surface area contributed by atoms with E-state index in [1.54, 1.807) is 0 Å². The molecule has 0 amide bonds. The van der Waals surface area contributed by atoms with Crippen LogP contribution in [0.5, 0.6) is 0 Å². The molecular formula is C11H15NO. The molecule has 0 aliphatic carbocycles. The third-order valence-corrected chi connectivity index (χ3v) is 2.14. The molecule has 0 aromatic heterocycles. The maximum absolute atomic E-state index is 10.4. The lowest BCUT2D eigenvalue weighted by molar-refractivity contribution is -0.108. The van der Waals surface area contributed by atoms with E-state index < -0.39 is 0 Å². The van der Waals surface area contributed by atoms with Gasteiger partial charge in [0.15, 0.2) is 0 Å². The number of carbonyl (C=O) groups excluding carboxylic acids is 1. The molecule has 0 radical (unpaired) electrons. The van der Waals surface area contributed by atoms with Crippen molar-refractivity contribution in [3.05, 3.63) is 34.9 Å². The first-order chi connectivity index (χ1) is 6.13. The molecule has 0 aliphatic heterocycles. The van der Waals surface area contributed by atoms with Gasteiger partial charge in [-0.05, 0) is 31.4 Å². The Morgan fingerprint density at radius 1 is 1.46 bits per heavy atom. The zero-order valence-corrected chi connectivity index (χ0v) is 8.08. The maximum Gasteiger partial charge on any atom is 0.137 e. The Kier molecular flexibility index (Phi) is 3.20. The van der Waals surface area contributed by atoms with Crippen LogP contribution in [0.4, 0.5) is 0 Å². The van der Waals surface area contributed by atoms with Crippen molar-refractivity contribution in [1.29, 1.82) is 0 Å². The highest BCUT2D eigenvalue weighted by Crippen LogP contribution is 2.11. The van der Waals surface area contributed by atoms with Crippen LogP contribution in [-0.2, 0) is 11.2 Å². The lowest BCUT2D eigenvalue weighted by Crippen LogP contribution is -2.24. The quantitative estimate of drug-likeness (QED) is 0.709. The topological polar surface area (TPSA) is 43.1 Å². The summed E-state index contributed by atoms with van der Waals surface area (Å²) in [5, 5.41) is 0. The van der Waals surface area contributed by atoms with Gasteiger partial charge in [0.2, 0.25) is 0 Å². The Labute approximate surface area is 78.8 Å². The molecular weight excluding hydrogens is 162 g/mol. The Morgan fingerprint density at radius 3 is 2.77 bits per heavy atom. The molecule has 70 valence electrons. The zero-order valence-electron chi connectivity index (χ0n) is 8.08. The van der Waals surface area contributed by atoms with Crippen molar-refractivity contribution in [2.75, 3.05) is 0 Å². The fraction of sp³-hybridized carbons (Fsp3) is 0.364. The van der Waals surface area contributed by atoms with E-state index in [2.05, 4.69) is 18.2 Å². The van der Waals surface area contributed by atoms with Gasteiger partial charge in [-0.25, -0.2) is 0 Å². The minimum absolute atomic E-state index is 0.375. The molecule has 0 saturated heterocycles. The summed E-state index contributed by atoms with van der Waals surface area (Å²) in [7, 11) is 0. The van der Waals surface area contributed by atoms with Gasteiger partial charge >= 0.3 is 0 Å². The SMILES string of the molecule is Cc1ccc(C)c(CC(N)C=O)c1. The van der Waals surface area contributed by atoms with E-state index in [0.29, 0.717) is 6.42 Å². The van der Waals surface area contributed by atoms with Crippen molar-refractivity contribution in [3.8, 4) is 0 Å². The fourth-order valence-corrected chi connectivity index (χ4v) is 1.32. The van der Waals surface area contributed by atoms with Crippen molar-refractivity contribution < 1.29 is 4.79 Å². The predicted molar refractivity (Wildman–Crippen MR) is 53.7 cm³/mol. The second-order valence-electron chi connectivity index (χ2n) is 3.43. The second-order valence-corrected chi connectivity index (χ2v) is 3.43.